The summed E-state index contributed by atoms with van der Waals surface area (Å²) in [4.78, 5) is 23.5. The van der Waals surface area contributed by atoms with Crippen LogP contribution >= 0.6 is 0 Å². The minimum Gasteiger partial charge on any atom is -0.504 e. The molecule has 0 saturated heterocycles. The molecule has 1 amide bonds. The fraction of sp³-hybridized carbons (Fsp3) is 0.500. The number of hydrogen-bond donors (Lipinski definition) is 3. The number of ketones is 1. The molecule has 0 saturated carbocycles. The van der Waals surface area contributed by atoms with Crippen LogP contribution in [0.1, 0.15) is 50.4 Å². The number of benzene rings is 1. The number of Topliss-reactive ketones (excluding diaryl/α,β-unsaturated/α-hetero) is 1. The first-order valence-corrected chi connectivity index (χ1v) is 7.06. The summed E-state index contributed by atoms with van der Waals surface area (Å²) in [6.45, 7) is 6.09. The zero-order chi connectivity index (χ0) is 16.0. The summed E-state index contributed by atoms with van der Waals surface area (Å²) >= 11 is 0. The van der Waals surface area contributed by atoms with Crippen molar-refractivity contribution < 1.29 is 19.8 Å². The molecule has 0 aliphatic carbocycles. The molecular weight excluding hydrogens is 270 g/mol. The van der Waals surface area contributed by atoms with Crippen LogP contribution in [0.2, 0.25) is 0 Å². The summed E-state index contributed by atoms with van der Waals surface area (Å²) < 4.78 is 0. The van der Waals surface area contributed by atoms with E-state index in [4.69, 9.17) is 0 Å². The highest BCUT2D eigenvalue weighted by atomic mass is 16.3. The van der Waals surface area contributed by atoms with Gasteiger partial charge >= 0.3 is 0 Å². The molecular formula is C16H23NO4. The summed E-state index contributed by atoms with van der Waals surface area (Å²) in [5.74, 6) is -0.971. The summed E-state index contributed by atoms with van der Waals surface area (Å²) in [6.07, 6.45) is 1.90. The quantitative estimate of drug-likeness (QED) is 0.556. The Morgan fingerprint density at radius 3 is 2.43 bits per heavy atom. The molecule has 0 radical (unpaired) electrons. The number of aromatic hydroxyl groups is 2. The Balaban J connectivity index is 2.35. The van der Waals surface area contributed by atoms with E-state index in [0.29, 0.717) is 25.8 Å². The van der Waals surface area contributed by atoms with Gasteiger partial charge in [0.1, 0.15) is 5.78 Å². The zero-order valence-electron chi connectivity index (χ0n) is 12.8. The summed E-state index contributed by atoms with van der Waals surface area (Å²) in [6, 6.07) is 4.24. The molecule has 0 aliphatic rings. The monoisotopic (exact) mass is 293 g/mol. The van der Waals surface area contributed by atoms with Crippen LogP contribution < -0.4 is 5.32 Å². The highest BCUT2D eigenvalue weighted by Crippen LogP contribution is 2.27. The molecule has 0 spiro atoms. The van der Waals surface area contributed by atoms with Crippen molar-refractivity contribution >= 4 is 11.7 Å². The van der Waals surface area contributed by atoms with Gasteiger partial charge in [0.2, 0.25) is 0 Å². The minimum atomic E-state index is -0.439. The number of hydrogen-bond acceptors (Lipinski definition) is 4. The summed E-state index contributed by atoms with van der Waals surface area (Å²) in [5.41, 5.74) is -0.280. The first-order chi connectivity index (χ1) is 9.73. The fourth-order valence-electron chi connectivity index (χ4n) is 1.80. The van der Waals surface area contributed by atoms with E-state index in [2.05, 4.69) is 5.32 Å². The van der Waals surface area contributed by atoms with Crippen LogP contribution in [-0.4, -0.2) is 28.4 Å². The molecule has 0 fully saturated rings. The van der Waals surface area contributed by atoms with E-state index in [-0.39, 0.29) is 22.5 Å². The van der Waals surface area contributed by atoms with Gasteiger partial charge in [0.15, 0.2) is 11.5 Å². The highest BCUT2D eigenvalue weighted by Gasteiger charge is 2.20. The number of phenols is 2. The van der Waals surface area contributed by atoms with Gasteiger partial charge in [0, 0.05) is 18.4 Å². The molecule has 1 aromatic carbocycles. The Labute approximate surface area is 125 Å². The van der Waals surface area contributed by atoms with Crippen molar-refractivity contribution in [2.24, 2.45) is 5.41 Å². The molecule has 1 aromatic rings. The Morgan fingerprint density at radius 2 is 1.81 bits per heavy atom. The minimum absolute atomic E-state index is 0.0424. The Hall–Kier alpha value is -2.04. The molecule has 116 valence electrons. The molecule has 3 N–H and O–H groups in total. The van der Waals surface area contributed by atoms with E-state index in [1.165, 1.54) is 18.2 Å². The topological polar surface area (TPSA) is 86.6 Å². The normalized spacial score (nSPS) is 11.2. The van der Waals surface area contributed by atoms with Crippen LogP contribution in [0.15, 0.2) is 18.2 Å². The van der Waals surface area contributed by atoms with Gasteiger partial charge in [-0.3, -0.25) is 9.59 Å². The second-order valence-corrected chi connectivity index (χ2v) is 6.06. The Kier molecular flexibility index (Phi) is 5.76. The molecule has 0 heterocycles. The van der Waals surface area contributed by atoms with Crippen LogP contribution in [-0.2, 0) is 4.79 Å². The standard InChI is InChI=1S/C16H23NO4/c1-16(2,3)13(19)9-4-5-10-17-15(21)11-7-6-8-12(18)14(11)20/h6-8,18,20H,4-5,9-10H2,1-3H3,(H,17,21). The van der Waals surface area contributed by atoms with Gasteiger partial charge in [0.25, 0.3) is 5.91 Å². The number of amides is 1. The molecule has 0 atom stereocenters. The van der Waals surface area contributed by atoms with Crippen molar-refractivity contribution in [3.05, 3.63) is 23.8 Å². The molecule has 0 aliphatic heterocycles. The van der Waals surface area contributed by atoms with E-state index in [9.17, 15) is 19.8 Å². The molecule has 0 bridgehead atoms. The largest absolute Gasteiger partial charge is 0.504 e. The molecule has 0 unspecified atom stereocenters. The fourth-order valence-corrected chi connectivity index (χ4v) is 1.80. The first kappa shape index (κ1) is 17.0. The third-order valence-electron chi connectivity index (χ3n) is 3.21. The van der Waals surface area contributed by atoms with Crippen LogP contribution in [0.4, 0.5) is 0 Å². The van der Waals surface area contributed by atoms with E-state index in [0.717, 1.165) is 0 Å². The molecule has 21 heavy (non-hydrogen) atoms. The predicted molar refractivity (Wildman–Crippen MR) is 80.4 cm³/mol. The van der Waals surface area contributed by atoms with Crippen molar-refractivity contribution in [1.29, 1.82) is 0 Å². The van der Waals surface area contributed by atoms with Crippen molar-refractivity contribution in [3.8, 4) is 11.5 Å². The van der Waals surface area contributed by atoms with Crippen LogP contribution in [0.5, 0.6) is 11.5 Å². The number of para-hydroxylation sites is 1. The van der Waals surface area contributed by atoms with Crippen LogP contribution in [0.25, 0.3) is 0 Å². The maximum absolute atomic E-state index is 11.8. The summed E-state index contributed by atoms with van der Waals surface area (Å²) in [5, 5.41) is 21.6. The van der Waals surface area contributed by atoms with Crippen molar-refractivity contribution in [2.75, 3.05) is 6.54 Å². The number of carbonyl (C=O) groups excluding carboxylic acids is 2. The van der Waals surface area contributed by atoms with Gasteiger partial charge in [-0.25, -0.2) is 0 Å². The van der Waals surface area contributed by atoms with E-state index >= 15 is 0 Å². The second kappa shape index (κ2) is 7.11. The Bertz CT molecular complexity index is 517. The Morgan fingerprint density at radius 1 is 1.14 bits per heavy atom. The van der Waals surface area contributed by atoms with Gasteiger partial charge in [-0.2, -0.15) is 0 Å². The number of carbonyl (C=O) groups is 2. The van der Waals surface area contributed by atoms with Crippen molar-refractivity contribution in [2.45, 2.75) is 40.0 Å². The maximum Gasteiger partial charge on any atom is 0.255 e. The van der Waals surface area contributed by atoms with E-state index < -0.39 is 11.7 Å². The first-order valence-electron chi connectivity index (χ1n) is 7.06. The number of nitrogens with one attached hydrogen (secondary N) is 1. The smallest absolute Gasteiger partial charge is 0.255 e. The van der Waals surface area contributed by atoms with Gasteiger partial charge < -0.3 is 15.5 Å². The molecule has 0 aromatic heterocycles. The van der Waals surface area contributed by atoms with Crippen molar-refractivity contribution in [3.63, 3.8) is 0 Å². The van der Waals surface area contributed by atoms with Gasteiger partial charge in [-0.1, -0.05) is 26.8 Å². The average molecular weight is 293 g/mol. The maximum atomic E-state index is 11.8. The number of unbranched alkanes of at least 4 members (excludes halogenated alkanes) is 1. The van der Waals surface area contributed by atoms with Gasteiger partial charge in [-0.05, 0) is 25.0 Å². The van der Waals surface area contributed by atoms with E-state index in [1.807, 2.05) is 20.8 Å². The van der Waals surface area contributed by atoms with Gasteiger partial charge in [0.05, 0.1) is 5.56 Å². The SMILES string of the molecule is CC(C)(C)C(=O)CCCCNC(=O)c1cccc(O)c1O. The second-order valence-electron chi connectivity index (χ2n) is 6.06. The third-order valence-corrected chi connectivity index (χ3v) is 3.21. The lowest BCUT2D eigenvalue weighted by molar-refractivity contribution is -0.126. The molecule has 5 heteroatoms. The zero-order valence-corrected chi connectivity index (χ0v) is 12.8. The third kappa shape index (κ3) is 5.10. The van der Waals surface area contributed by atoms with Gasteiger partial charge in [-0.15, -0.1) is 0 Å². The summed E-state index contributed by atoms with van der Waals surface area (Å²) in [7, 11) is 0. The van der Waals surface area contributed by atoms with Crippen LogP contribution in [0.3, 0.4) is 0 Å². The molecule has 5 nitrogen and oxygen atoms in total. The lowest BCUT2D eigenvalue weighted by Crippen LogP contribution is -2.25. The van der Waals surface area contributed by atoms with E-state index in [1.54, 1.807) is 0 Å². The number of rotatable bonds is 6. The number of phenolic OH excluding ortho intramolecular Hbond substituents is 2. The average Bonchev–Trinajstić information content (AvgIpc) is 2.40. The lowest BCUT2D eigenvalue weighted by Gasteiger charge is -2.16. The predicted octanol–water partition coefficient (Wildman–Crippen LogP) is 2.61. The van der Waals surface area contributed by atoms with Crippen LogP contribution in [0, 0.1) is 5.41 Å². The highest BCUT2D eigenvalue weighted by molar-refractivity contribution is 5.97. The lowest BCUT2D eigenvalue weighted by atomic mass is 9.88. The molecule has 1 rings (SSSR count). The van der Waals surface area contributed by atoms with Crippen molar-refractivity contribution in [1.82, 2.24) is 5.32 Å².